The first-order valence-corrected chi connectivity index (χ1v) is 8.80. The van der Waals surface area contributed by atoms with Crippen LogP contribution in [0.4, 0.5) is 0 Å². The topological polar surface area (TPSA) is 45.2 Å². The predicted molar refractivity (Wildman–Crippen MR) is 85.6 cm³/mol. The molecule has 2 fully saturated rings. The van der Waals surface area contributed by atoms with Crippen molar-refractivity contribution >= 4 is 17.2 Å². The van der Waals surface area contributed by atoms with Gasteiger partial charge in [0.25, 0.3) is 0 Å². The fourth-order valence-corrected chi connectivity index (χ4v) is 4.17. The number of carbonyl (C=O) groups is 1. The zero-order chi connectivity index (χ0) is 15.1. The van der Waals surface area contributed by atoms with Crippen LogP contribution >= 0.6 is 11.3 Å². The standard InChI is InChI=1S/C16H25N3OS/c1-9(2)16-18-11(4)15(21-16)10(3)17-12-7-14(20)19(8-12)13-5-6-13/h9-10,12-13,17H,5-8H2,1-4H3/t10-,12+/m1/s1. The van der Waals surface area contributed by atoms with Crippen molar-refractivity contribution in [3.63, 3.8) is 0 Å². The Hall–Kier alpha value is -0.940. The smallest absolute Gasteiger partial charge is 0.224 e. The number of carbonyl (C=O) groups excluding carboxylic acids is 1. The Balaban J connectivity index is 1.63. The van der Waals surface area contributed by atoms with Crippen LogP contribution in [0.5, 0.6) is 0 Å². The molecule has 5 heteroatoms. The SMILES string of the molecule is Cc1nc(C(C)C)sc1[C@@H](C)N[C@H]1CC(=O)N(C2CC2)C1. The van der Waals surface area contributed by atoms with Crippen LogP contribution in [0, 0.1) is 6.92 Å². The average Bonchev–Trinajstić information content (AvgIpc) is 3.08. The molecule has 1 aliphatic heterocycles. The fourth-order valence-electron chi connectivity index (χ4n) is 3.09. The first-order valence-electron chi connectivity index (χ1n) is 7.98. The molecule has 0 aromatic carbocycles. The minimum atomic E-state index is 0.270. The highest BCUT2D eigenvalue weighted by Crippen LogP contribution is 2.33. The Morgan fingerprint density at radius 1 is 1.33 bits per heavy atom. The maximum Gasteiger partial charge on any atom is 0.224 e. The molecule has 1 saturated heterocycles. The van der Waals surface area contributed by atoms with Crippen LogP contribution < -0.4 is 5.32 Å². The molecule has 1 aliphatic carbocycles. The van der Waals surface area contributed by atoms with Crippen molar-refractivity contribution in [2.75, 3.05) is 6.54 Å². The van der Waals surface area contributed by atoms with E-state index in [2.05, 4.69) is 42.9 Å². The monoisotopic (exact) mass is 307 g/mol. The molecule has 0 spiro atoms. The van der Waals surface area contributed by atoms with Crippen LogP contribution in [0.15, 0.2) is 0 Å². The largest absolute Gasteiger partial charge is 0.338 e. The second kappa shape index (κ2) is 5.69. The molecule has 2 heterocycles. The van der Waals surface area contributed by atoms with Crippen molar-refractivity contribution in [1.29, 1.82) is 0 Å². The number of rotatable bonds is 5. The van der Waals surface area contributed by atoms with Crippen molar-refractivity contribution in [2.24, 2.45) is 0 Å². The third-order valence-electron chi connectivity index (χ3n) is 4.37. The molecule has 1 aromatic heterocycles. The van der Waals surface area contributed by atoms with Gasteiger partial charge < -0.3 is 10.2 Å². The lowest BCUT2D eigenvalue weighted by atomic mass is 10.2. The van der Waals surface area contributed by atoms with Gasteiger partial charge in [0.05, 0.1) is 10.7 Å². The van der Waals surface area contributed by atoms with Crippen LogP contribution in [-0.2, 0) is 4.79 Å². The van der Waals surface area contributed by atoms with Crippen LogP contribution in [0.1, 0.15) is 67.6 Å². The maximum atomic E-state index is 12.0. The molecule has 1 aromatic rings. The van der Waals surface area contributed by atoms with E-state index in [1.165, 1.54) is 22.7 Å². The summed E-state index contributed by atoms with van der Waals surface area (Å²) in [5.74, 6) is 0.805. The summed E-state index contributed by atoms with van der Waals surface area (Å²) in [6.45, 7) is 9.52. The normalized spacial score (nSPS) is 24.1. The summed E-state index contributed by atoms with van der Waals surface area (Å²) in [6, 6.07) is 1.10. The number of hydrogen-bond acceptors (Lipinski definition) is 4. The summed E-state index contributed by atoms with van der Waals surface area (Å²) in [7, 11) is 0. The van der Waals surface area contributed by atoms with Gasteiger partial charge >= 0.3 is 0 Å². The molecular formula is C16H25N3OS. The van der Waals surface area contributed by atoms with Gasteiger partial charge in [-0.25, -0.2) is 4.98 Å². The Bertz CT molecular complexity index is 536. The van der Waals surface area contributed by atoms with E-state index in [1.54, 1.807) is 0 Å². The lowest BCUT2D eigenvalue weighted by molar-refractivity contribution is -0.128. The second-order valence-electron chi connectivity index (χ2n) is 6.72. The summed E-state index contributed by atoms with van der Waals surface area (Å²) >= 11 is 1.81. The zero-order valence-electron chi connectivity index (χ0n) is 13.3. The van der Waals surface area contributed by atoms with E-state index in [9.17, 15) is 4.79 Å². The highest BCUT2D eigenvalue weighted by molar-refractivity contribution is 7.11. The zero-order valence-corrected chi connectivity index (χ0v) is 14.2. The summed E-state index contributed by atoms with van der Waals surface area (Å²) in [4.78, 5) is 20.1. The Morgan fingerprint density at radius 2 is 2.05 bits per heavy atom. The van der Waals surface area contributed by atoms with E-state index >= 15 is 0 Å². The van der Waals surface area contributed by atoms with E-state index in [4.69, 9.17) is 0 Å². The third-order valence-corrected chi connectivity index (χ3v) is 6.01. The predicted octanol–water partition coefficient (Wildman–Crippen LogP) is 2.99. The molecular weight excluding hydrogens is 282 g/mol. The quantitative estimate of drug-likeness (QED) is 0.909. The lowest BCUT2D eigenvalue weighted by Gasteiger charge is -2.19. The van der Waals surface area contributed by atoms with E-state index in [1.807, 2.05) is 11.3 Å². The molecule has 1 saturated carbocycles. The van der Waals surface area contributed by atoms with Gasteiger partial charge in [-0.2, -0.15) is 0 Å². The van der Waals surface area contributed by atoms with Gasteiger partial charge in [0.1, 0.15) is 0 Å². The van der Waals surface area contributed by atoms with Gasteiger partial charge in [-0.3, -0.25) is 4.79 Å². The molecule has 4 nitrogen and oxygen atoms in total. The molecule has 0 bridgehead atoms. The second-order valence-corrected chi connectivity index (χ2v) is 7.79. The van der Waals surface area contributed by atoms with Gasteiger partial charge in [0.15, 0.2) is 0 Å². The number of likely N-dealkylation sites (tertiary alicyclic amines) is 1. The fraction of sp³-hybridized carbons (Fsp3) is 0.750. The molecule has 21 heavy (non-hydrogen) atoms. The lowest BCUT2D eigenvalue weighted by Crippen LogP contribution is -2.35. The van der Waals surface area contributed by atoms with Crippen molar-refractivity contribution in [3.05, 3.63) is 15.6 Å². The van der Waals surface area contributed by atoms with Gasteiger partial charge in [-0.1, -0.05) is 13.8 Å². The number of hydrogen-bond donors (Lipinski definition) is 1. The summed E-state index contributed by atoms with van der Waals surface area (Å²) < 4.78 is 0. The van der Waals surface area contributed by atoms with Crippen molar-refractivity contribution in [1.82, 2.24) is 15.2 Å². The van der Waals surface area contributed by atoms with Gasteiger partial charge in [0.2, 0.25) is 5.91 Å². The number of nitrogens with zero attached hydrogens (tertiary/aromatic N) is 2. The maximum absolute atomic E-state index is 12.0. The van der Waals surface area contributed by atoms with Crippen LogP contribution in [0.25, 0.3) is 0 Å². The Labute approximate surface area is 130 Å². The summed E-state index contributed by atoms with van der Waals surface area (Å²) in [6.07, 6.45) is 3.04. The van der Waals surface area contributed by atoms with Gasteiger partial charge in [-0.15, -0.1) is 11.3 Å². The minimum absolute atomic E-state index is 0.270. The highest BCUT2D eigenvalue weighted by Gasteiger charge is 2.39. The summed E-state index contributed by atoms with van der Waals surface area (Å²) in [5, 5.41) is 4.85. The first-order chi connectivity index (χ1) is 9.95. The Kier molecular flexibility index (Phi) is 4.06. The third kappa shape index (κ3) is 3.14. The van der Waals surface area contributed by atoms with E-state index < -0.39 is 0 Å². The van der Waals surface area contributed by atoms with Crippen LogP contribution in [-0.4, -0.2) is 34.4 Å². The number of thiazole rings is 1. The number of nitrogens with one attached hydrogen (secondary N) is 1. The molecule has 1 amide bonds. The molecule has 0 unspecified atom stereocenters. The van der Waals surface area contributed by atoms with Crippen molar-refractivity contribution in [2.45, 2.75) is 71.0 Å². The van der Waals surface area contributed by atoms with Gasteiger partial charge in [-0.05, 0) is 26.7 Å². The van der Waals surface area contributed by atoms with Crippen molar-refractivity contribution in [3.8, 4) is 0 Å². The minimum Gasteiger partial charge on any atom is -0.338 e. The molecule has 0 radical (unpaired) electrons. The van der Waals surface area contributed by atoms with E-state index in [-0.39, 0.29) is 12.1 Å². The highest BCUT2D eigenvalue weighted by atomic mass is 32.1. The average molecular weight is 307 g/mol. The molecule has 1 N–H and O–H groups in total. The number of aryl methyl sites for hydroxylation is 1. The molecule has 2 aliphatic rings. The van der Waals surface area contributed by atoms with E-state index in [0.29, 0.717) is 24.3 Å². The van der Waals surface area contributed by atoms with Crippen LogP contribution in [0.3, 0.4) is 0 Å². The van der Waals surface area contributed by atoms with Crippen LogP contribution in [0.2, 0.25) is 0 Å². The number of aromatic nitrogens is 1. The Morgan fingerprint density at radius 3 is 2.62 bits per heavy atom. The van der Waals surface area contributed by atoms with E-state index in [0.717, 1.165) is 12.2 Å². The first kappa shape index (κ1) is 15.0. The summed E-state index contributed by atoms with van der Waals surface area (Å²) in [5.41, 5.74) is 1.13. The molecule has 2 atom stereocenters. The molecule has 3 rings (SSSR count). The number of amides is 1. The van der Waals surface area contributed by atoms with Crippen molar-refractivity contribution < 1.29 is 4.79 Å². The molecule has 116 valence electrons. The van der Waals surface area contributed by atoms with Gasteiger partial charge in [0, 0.05) is 41.9 Å².